The molecule has 0 bridgehead atoms. The molecule has 0 unspecified atom stereocenters. The quantitative estimate of drug-likeness (QED) is 0.881. The van der Waals surface area contributed by atoms with Crippen LogP contribution in [0.4, 0.5) is 0 Å². The Morgan fingerprint density at radius 2 is 2.16 bits per heavy atom. The normalized spacial score (nSPS) is 10.2. The van der Waals surface area contributed by atoms with Crippen LogP contribution in [0.5, 0.6) is 5.75 Å². The van der Waals surface area contributed by atoms with Gasteiger partial charge in [0.25, 0.3) is 0 Å². The van der Waals surface area contributed by atoms with Gasteiger partial charge in [-0.15, -0.1) is 11.3 Å². The standard InChI is InChI=1S/C14H16N2O2S/c1-18-13-5-2-11(3-6-13)4-7-14(17)15-8-12-9-19-10-16-12/h2-3,5-6,9-10H,4,7-8H2,1H3,(H,15,17). The van der Waals surface area contributed by atoms with E-state index in [4.69, 9.17) is 4.74 Å². The lowest BCUT2D eigenvalue weighted by Gasteiger charge is -2.04. The van der Waals surface area contributed by atoms with Crippen molar-refractivity contribution >= 4 is 17.2 Å². The zero-order valence-corrected chi connectivity index (χ0v) is 11.6. The van der Waals surface area contributed by atoms with Crippen molar-refractivity contribution in [2.24, 2.45) is 0 Å². The highest BCUT2D eigenvalue weighted by Crippen LogP contribution is 2.12. The van der Waals surface area contributed by atoms with E-state index >= 15 is 0 Å². The molecule has 5 heteroatoms. The third kappa shape index (κ3) is 4.37. The number of carbonyl (C=O) groups is 1. The van der Waals surface area contributed by atoms with Crippen LogP contribution in [0, 0.1) is 0 Å². The summed E-state index contributed by atoms with van der Waals surface area (Å²) >= 11 is 1.53. The molecule has 1 heterocycles. The predicted molar refractivity (Wildman–Crippen MR) is 75.3 cm³/mol. The number of benzene rings is 1. The number of hydrogen-bond donors (Lipinski definition) is 1. The van der Waals surface area contributed by atoms with Crippen LogP contribution in [0.25, 0.3) is 0 Å². The number of carbonyl (C=O) groups excluding carboxylic acids is 1. The van der Waals surface area contributed by atoms with Gasteiger partial charge in [-0.05, 0) is 24.1 Å². The van der Waals surface area contributed by atoms with E-state index < -0.39 is 0 Å². The summed E-state index contributed by atoms with van der Waals surface area (Å²) in [6.45, 7) is 0.505. The van der Waals surface area contributed by atoms with Crippen LogP contribution in [0.3, 0.4) is 0 Å². The number of nitrogens with zero attached hydrogens (tertiary/aromatic N) is 1. The minimum absolute atomic E-state index is 0.0452. The maximum atomic E-state index is 11.7. The minimum Gasteiger partial charge on any atom is -0.497 e. The summed E-state index contributed by atoms with van der Waals surface area (Å²) in [5.74, 6) is 0.876. The van der Waals surface area contributed by atoms with Gasteiger partial charge in [0.1, 0.15) is 5.75 Å². The molecule has 1 aromatic heterocycles. The van der Waals surface area contributed by atoms with Crippen molar-refractivity contribution in [2.75, 3.05) is 7.11 Å². The molecule has 0 spiro atoms. The summed E-state index contributed by atoms with van der Waals surface area (Å²) in [6.07, 6.45) is 1.21. The Kier molecular flexibility index (Phi) is 4.92. The number of ether oxygens (including phenoxy) is 1. The lowest BCUT2D eigenvalue weighted by atomic mass is 10.1. The van der Waals surface area contributed by atoms with Gasteiger partial charge in [-0.3, -0.25) is 4.79 Å². The van der Waals surface area contributed by atoms with Gasteiger partial charge in [0.2, 0.25) is 5.91 Å². The van der Waals surface area contributed by atoms with Crippen LogP contribution in [0.2, 0.25) is 0 Å². The molecule has 0 aliphatic carbocycles. The van der Waals surface area contributed by atoms with Crippen LogP contribution in [0.1, 0.15) is 17.7 Å². The smallest absolute Gasteiger partial charge is 0.220 e. The van der Waals surface area contributed by atoms with Crippen LogP contribution < -0.4 is 10.1 Å². The van der Waals surface area contributed by atoms with Crippen LogP contribution in [-0.2, 0) is 17.8 Å². The van der Waals surface area contributed by atoms with Crippen molar-refractivity contribution in [3.8, 4) is 5.75 Å². The van der Waals surface area contributed by atoms with Gasteiger partial charge in [-0.2, -0.15) is 0 Å². The highest BCUT2D eigenvalue weighted by Gasteiger charge is 2.03. The fourth-order valence-corrected chi connectivity index (χ4v) is 2.21. The van der Waals surface area contributed by atoms with Gasteiger partial charge in [-0.1, -0.05) is 12.1 Å². The van der Waals surface area contributed by atoms with E-state index in [1.807, 2.05) is 29.6 Å². The average molecular weight is 276 g/mol. The van der Waals surface area contributed by atoms with Gasteiger partial charge in [0.05, 0.1) is 24.9 Å². The number of methoxy groups -OCH3 is 1. The molecular formula is C14H16N2O2S. The molecule has 0 saturated heterocycles. The Morgan fingerprint density at radius 1 is 1.37 bits per heavy atom. The average Bonchev–Trinajstić information content (AvgIpc) is 2.96. The van der Waals surface area contributed by atoms with Gasteiger partial charge < -0.3 is 10.1 Å². The van der Waals surface area contributed by atoms with Crippen LogP contribution in [0.15, 0.2) is 35.2 Å². The summed E-state index contributed by atoms with van der Waals surface area (Å²) in [5.41, 5.74) is 3.80. The Labute approximate surface area is 116 Å². The topological polar surface area (TPSA) is 51.2 Å². The number of thiazole rings is 1. The SMILES string of the molecule is COc1ccc(CCC(=O)NCc2cscn2)cc1. The van der Waals surface area contributed by atoms with E-state index in [0.29, 0.717) is 13.0 Å². The molecule has 1 N–H and O–H groups in total. The first-order chi connectivity index (χ1) is 9.28. The first-order valence-corrected chi connectivity index (χ1v) is 6.99. The maximum absolute atomic E-state index is 11.7. The van der Waals surface area contributed by atoms with Crippen LogP contribution in [-0.4, -0.2) is 18.0 Å². The summed E-state index contributed by atoms with van der Waals surface area (Å²) in [7, 11) is 1.64. The van der Waals surface area contributed by atoms with Gasteiger partial charge in [-0.25, -0.2) is 4.98 Å². The lowest BCUT2D eigenvalue weighted by molar-refractivity contribution is -0.121. The summed E-state index contributed by atoms with van der Waals surface area (Å²) in [5, 5.41) is 4.79. The molecule has 100 valence electrons. The summed E-state index contributed by atoms with van der Waals surface area (Å²) < 4.78 is 5.09. The number of aromatic nitrogens is 1. The van der Waals surface area contributed by atoms with Crippen LogP contribution >= 0.6 is 11.3 Å². The highest BCUT2D eigenvalue weighted by atomic mass is 32.1. The van der Waals surface area contributed by atoms with Crippen molar-refractivity contribution in [2.45, 2.75) is 19.4 Å². The monoisotopic (exact) mass is 276 g/mol. The zero-order chi connectivity index (χ0) is 13.5. The fraction of sp³-hybridized carbons (Fsp3) is 0.286. The molecule has 2 rings (SSSR count). The second-order valence-electron chi connectivity index (χ2n) is 4.10. The lowest BCUT2D eigenvalue weighted by Crippen LogP contribution is -2.23. The van der Waals surface area contributed by atoms with E-state index in [2.05, 4.69) is 10.3 Å². The summed E-state index contributed by atoms with van der Waals surface area (Å²) in [4.78, 5) is 15.8. The van der Waals surface area contributed by atoms with Crippen molar-refractivity contribution in [1.82, 2.24) is 10.3 Å². The summed E-state index contributed by atoms with van der Waals surface area (Å²) in [6, 6.07) is 7.77. The number of amides is 1. The molecule has 0 radical (unpaired) electrons. The Morgan fingerprint density at radius 3 is 2.79 bits per heavy atom. The highest BCUT2D eigenvalue weighted by molar-refractivity contribution is 7.07. The zero-order valence-electron chi connectivity index (χ0n) is 10.8. The van der Waals surface area contributed by atoms with E-state index in [-0.39, 0.29) is 5.91 Å². The first-order valence-electron chi connectivity index (χ1n) is 6.04. The van der Waals surface area contributed by atoms with E-state index in [9.17, 15) is 4.79 Å². The molecule has 0 fully saturated rings. The molecule has 19 heavy (non-hydrogen) atoms. The predicted octanol–water partition coefficient (Wildman–Crippen LogP) is 2.40. The van der Waals surface area contributed by atoms with Crippen molar-refractivity contribution in [3.63, 3.8) is 0 Å². The third-order valence-electron chi connectivity index (χ3n) is 2.75. The molecule has 0 atom stereocenters. The largest absolute Gasteiger partial charge is 0.497 e. The maximum Gasteiger partial charge on any atom is 0.220 e. The molecule has 2 aromatic rings. The van der Waals surface area contributed by atoms with Gasteiger partial charge in [0.15, 0.2) is 0 Å². The Balaban J connectivity index is 1.73. The van der Waals surface area contributed by atoms with Gasteiger partial charge in [0, 0.05) is 11.8 Å². The van der Waals surface area contributed by atoms with Crippen molar-refractivity contribution < 1.29 is 9.53 Å². The minimum atomic E-state index is 0.0452. The van der Waals surface area contributed by atoms with Crippen molar-refractivity contribution in [3.05, 3.63) is 46.4 Å². The number of nitrogens with one attached hydrogen (secondary N) is 1. The second-order valence-corrected chi connectivity index (χ2v) is 4.82. The van der Waals surface area contributed by atoms with E-state index in [1.54, 1.807) is 12.6 Å². The fourth-order valence-electron chi connectivity index (χ4n) is 1.65. The molecule has 1 amide bonds. The molecule has 1 aromatic carbocycles. The van der Waals surface area contributed by atoms with E-state index in [0.717, 1.165) is 23.4 Å². The number of hydrogen-bond acceptors (Lipinski definition) is 4. The molecule has 0 aliphatic heterocycles. The Hall–Kier alpha value is -1.88. The third-order valence-corrected chi connectivity index (χ3v) is 3.39. The molecular weight excluding hydrogens is 260 g/mol. The first kappa shape index (κ1) is 13.5. The molecule has 0 saturated carbocycles. The second kappa shape index (κ2) is 6.89. The van der Waals surface area contributed by atoms with Gasteiger partial charge >= 0.3 is 0 Å². The Bertz CT molecular complexity index is 509. The number of aryl methyl sites for hydroxylation is 1. The molecule has 0 aliphatic rings. The van der Waals surface area contributed by atoms with E-state index in [1.165, 1.54) is 11.3 Å². The number of rotatable bonds is 6. The molecule has 4 nitrogen and oxygen atoms in total. The van der Waals surface area contributed by atoms with Crippen molar-refractivity contribution in [1.29, 1.82) is 0 Å².